The number of ether oxygens (including phenoxy) is 1. The van der Waals surface area contributed by atoms with Gasteiger partial charge in [-0.1, -0.05) is 47.1 Å². The Hall–Kier alpha value is -2.18. The quantitative estimate of drug-likeness (QED) is 0.348. The fourth-order valence-corrected chi connectivity index (χ4v) is 11.0. The van der Waals surface area contributed by atoms with Crippen molar-refractivity contribution in [1.82, 2.24) is 0 Å². The fraction of sp³-hybridized carbons (Fsp3) is 0.824. The molecule has 0 aromatic carbocycles. The molecule has 0 amide bonds. The number of ketones is 1. The molecule has 4 saturated carbocycles. The molecule has 9 atom stereocenters. The fourth-order valence-electron chi connectivity index (χ4n) is 11.0. The number of hydrogen-bond donors (Lipinski definition) is 2. The Balaban J connectivity index is 1.49. The van der Waals surface area contributed by atoms with Gasteiger partial charge in [-0.05, 0) is 104 Å². The van der Waals surface area contributed by atoms with Gasteiger partial charge in [-0.15, -0.1) is 0 Å². The lowest BCUT2D eigenvalue weighted by Gasteiger charge is -2.70. The summed E-state index contributed by atoms with van der Waals surface area (Å²) in [6.45, 7) is 15.5. The average molecular weight is 571 g/mol. The van der Waals surface area contributed by atoms with Gasteiger partial charge >= 0.3 is 17.9 Å². The van der Waals surface area contributed by atoms with Crippen molar-refractivity contribution in [3.8, 4) is 0 Å². The van der Waals surface area contributed by atoms with Crippen molar-refractivity contribution < 1.29 is 34.1 Å². The molecule has 41 heavy (non-hydrogen) atoms. The molecule has 0 aromatic heterocycles. The van der Waals surface area contributed by atoms with E-state index < -0.39 is 23.3 Å². The van der Waals surface area contributed by atoms with Crippen molar-refractivity contribution in [3.63, 3.8) is 0 Å². The molecule has 0 heterocycles. The second-order valence-corrected chi connectivity index (χ2v) is 16.3. The molecule has 5 aliphatic carbocycles. The third kappa shape index (κ3) is 4.25. The summed E-state index contributed by atoms with van der Waals surface area (Å²) < 4.78 is 5.91. The Bertz CT molecular complexity index is 1200. The molecule has 0 spiro atoms. The van der Waals surface area contributed by atoms with E-state index in [4.69, 9.17) is 9.84 Å². The zero-order chi connectivity index (χ0) is 30.4. The second kappa shape index (κ2) is 9.41. The van der Waals surface area contributed by atoms with E-state index in [0.717, 1.165) is 38.5 Å². The number of carboxylic acid groups (broad SMARTS) is 2. The molecule has 228 valence electrons. The van der Waals surface area contributed by atoms with Crippen molar-refractivity contribution in [1.29, 1.82) is 0 Å². The van der Waals surface area contributed by atoms with E-state index in [1.165, 1.54) is 5.57 Å². The highest BCUT2D eigenvalue weighted by atomic mass is 16.5. The monoisotopic (exact) mass is 570 g/mol. The molecule has 5 rings (SSSR count). The molecule has 5 unspecified atom stereocenters. The van der Waals surface area contributed by atoms with Gasteiger partial charge in [0.25, 0.3) is 0 Å². The first-order chi connectivity index (χ1) is 18.8. The van der Waals surface area contributed by atoms with Gasteiger partial charge in [0.1, 0.15) is 6.10 Å². The van der Waals surface area contributed by atoms with Crippen LogP contribution in [0, 0.1) is 50.2 Å². The van der Waals surface area contributed by atoms with Crippen LogP contribution in [0.2, 0.25) is 0 Å². The molecule has 0 radical (unpaired) electrons. The van der Waals surface area contributed by atoms with Gasteiger partial charge in [0.05, 0.1) is 18.3 Å². The van der Waals surface area contributed by atoms with Crippen molar-refractivity contribution in [2.75, 3.05) is 0 Å². The lowest BCUT2D eigenvalue weighted by Crippen LogP contribution is -2.66. The second-order valence-electron chi connectivity index (χ2n) is 16.3. The SMILES string of the molecule is CC12CC[C@](C)(C(=O)O)CC1C1=CC(=O)[C@@H]3C4(C)CCC(OC(=O)CCC(=O)O)C(C)(C)[C@@H]4CCC3(C)[C@]1(C)CC2. The average Bonchev–Trinajstić information content (AvgIpc) is 2.86. The van der Waals surface area contributed by atoms with Crippen LogP contribution in [0.5, 0.6) is 0 Å². The Morgan fingerprint density at radius 2 is 1.54 bits per heavy atom. The van der Waals surface area contributed by atoms with Gasteiger partial charge < -0.3 is 14.9 Å². The number of carboxylic acids is 2. The molecule has 4 fully saturated rings. The maximum Gasteiger partial charge on any atom is 0.309 e. The van der Waals surface area contributed by atoms with E-state index >= 15 is 0 Å². The van der Waals surface area contributed by atoms with E-state index in [1.54, 1.807) is 0 Å². The summed E-state index contributed by atoms with van der Waals surface area (Å²) in [7, 11) is 0. The standard InChI is InChI=1S/C34H50O7/c1-29(2)23-10-13-34(7)27(32(23,5)12-11-24(29)41-26(38)9-8-25(36)37)22(35)18-20-21-19-31(4,28(39)40)15-14-30(21,3)16-17-33(20,34)6/h18,21,23-24,27H,8-17,19H2,1-7H3,(H,36,37)(H,39,40)/t21?,23-,24?,27+,30?,31-,32?,33+,34?/m0/s1. The van der Waals surface area contributed by atoms with Crippen LogP contribution in [0.15, 0.2) is 11.6 Å². The van der Waals surface area contributed by atoms with Gasteiger partial charge in [-0.3, -0.25) is 19.2 Å². The van der Waals surface area contributed by atoms with Crippen LogP contribution in [0.25, 0.3) is 0 Å². The summed E-state index contributed by atoms with van der Waals surface area (Å²) in [6, 6.07) is 0. The minimum Gasteiger partial charge on any atom is -0.481 e. The Morgan fingerprint density at radius 3 is 2.17 bits per heavy atom. The summed E-state index contributed by atoms with van der Waals surface area (Å²) in [5.41, 5.74) is -0.553. The number of carbonyl (C=O) groups is 4. The van der Waals surface area contributed by atoms with Crippen LogP contribution in [-0.4, -0.2) is 40.0 Å². The van der Waals surface area contributed by atoms with Crippen molar-refractivity contribution in [2.45, 2.75) is 125 Å². The normalized spacial score (nSPS) is 46.6. The number of carbonyl (C=O) groups excluding carboxylic acids is 2. The molecule has 0 saturated heterocycles. The molecule has 2 N–H and O–H groups in total. The molecule has 0 aliphatic heterocycles. The highest BCUT2D eigenvalue weighted by Crippen LogP contribution is 2.75. The van der Waals surface area contributed by atoms with Crippen molar-refractivity contribution in [2.24, 2.45) is 50.2 Å². The van der Waals surface area contributed by atoms with Crippen LogP contribution in [0.1, 0.15) is 119 Å². The molecule has 7 heteroatoms. The Labute approximate surface area is 244 Å². The number of rotatable bonds is 5. The predicted octanol–water partition coefficient (Wildman–Crippen LogP) is 6.83. The van der Waals surface area contributed by atoms with Crippen LogP contribution in [0.4, 0.5) is 0 Å². The zero-order valence-corrected chi connectivity index (χ0v) is 26.1. The molecule has 5 aliphatic rings. The number of hydrogen-bond acceptors (Lipinski definition) is 5. The predicted molar refractivity (Wildman–Crippen MR) is 154 cm³/mol. The number of aliphatic carboxylic acids is 2. The van der Waals surface area contributed by atoms with Crippen LogP contribution < -0.4 is 0 Å². The molecular formula is C34H50O7. The van der Waals surface area contributed by atoms with Gasteiger partial charge in [0, 0.05) is 11.3 Å². The van der Waals surface area contributed by atoms with E-state index in [0.29, 0.717) is 19.3 Å². The van der Waals surface area contributed by atoms with E-state index in [-0.39, 0.29) is 69.6 Å². The maximum absolute atomic E-state index is 14.5. The third-order valence-electron chi connectivity index (χ3n) is 13.8. The van der Waals surface area contributed by atoms with Gasteiger partial charge in [-0.25, -0.2) is 0 Å². The smallest absolute Gasteiger partial charge is 0.309 e. The third-order valence-corrected chi connectivity index (χ3v) is 13.8. The van der Waals surface area contributed by atoms with Gasteiger partial charge in [0.15, 0.2) is 5.78 Å². The van der Waals surface area contributed by atoms with E-state index in [9.17, 15) is 24.3 Å². The van der Waals surface area contributed by atoms with Crippen LogP contribution in [-0.2, 0) is 23.9 Å². The van der Waals surface area contributed by atoms with E-state index in [1.807, 2.05) is 13.0 Å². The number of allylic oxidation sites excluding steroid dienone is 2. The van der Waals surface area contributed by atoms with Crippen LogP contribution in [0.3, 0.4) is 0 Å². The summed E-state index contributed by atoms with van der Waals surface area (Å²) >= 11 is 0. The first-order valence-electron chi connectivity index (χ1n) is 15.7. The van der Waals surface area contributed by atoms with Crippen LogP contribution >= 0.6 is 0 Å². The van der Waals surface area contributed by atoms with Crippen molar-refractivity contribution in [3.05, 3.63) is 11.6 Å². The summed E-state index contributed by atoms with van der Waals surface area (Å²) in [5.74, 6) is -1.87. The minimum atomic E-state index is -1.01. The molecule has 0 bridgehead atoms. The highest BCUT2D eigenvalue weighted by molar-refractivity contribution is 5.95. The van der Waals surface area contributed by atoms with E-state index in [2.05, 4.69) is 41.5 Å². The number of fused-ring (bicyclic) bond motifs is 7. The van der Waals surface area contributed by atoms with Gasteiger partial charge in [-0.2, -0.15) is 0 Å². The van der Waals surface area contributed by atoms with Gasteiger partial charge in [0.2, 0.25) is 0 Å². The lowest BCUT2D eigenvalue weighted by atomic mass is 9.33. The summed E-state index contributed by atoms with van der Waals surface area (Å²) in [4.78, 5) is 50.3. The Kier molecular flexibility index (Phi) is 6.95. The van der Waals surface area contributed by atoms with Crippen molar-refractivity contribution >= 4 is 23.7 Å². The first kappa shape index (κ1) is 30.3. The molecule has 7 nitrogen and oxygen atoms in total. The zero-order valence-electron chi connectivity index (χ0n) is 26.1. The summed E-state index contributed by atoms with van der Waals surface area (Å²) in [5, 5.41) is 19.1. The molecular weight excluding hydrogens is 520 g/mol. The topological polar surface area (TPSA) is 118 Å². The largest absolute Gasteiger partial charge is 0.481 e. The number of esters is 1. The maximum atomic E-state index is 14.5. The highest BCUT2D eigenvalue weighted by Gasteiger charge is 2.70. The first-order valence-corrected chi connectivity index (χ1v) is 15.7. The Morgan fingerprint density at radius 1 is 0.878 bits per heavy atom. The summed E-state index contributed by atoms with van der Waals surface area (Å²) in [6.07, 6.45) is 8.80. The molecule has 0 aromatic rings. The minimum absolute atomic E-state index is 0.0233. The lowest BCUT2D eigenvalue weighted by molar-refractivity contribution is -0.211.